The van der Waals surface area contributed by atoms with Crippen LogP contribution in [0.2, 0.25) is 0 Å². The van der Waals surface area contributed by atoms with Crippen LogP contribution in [-0.2, 0) is 4.74 Å². The van der Waals surface area contributed by atoms with Crippen LogP contribution in [0.4, 0.5) is 0 Å². The van der Waals surface area contributed by atoms with Gasteiger partial charge in [-0.15, -0.1) is 0 Å². The number of aromatic nitrogens is 2. The maximum absolute atomic E-state index is 11.6. The van der Waals surface area contributed by atoms with E-state index >= 15 is 0 Å². The Kier molecular flexibility index (Phi) is 3.84. The van der Waals surface area contributed by atoms with Gasteiger partial charge in [-0.05, 0) is 31.5 Å². The SMILES string of the molecule is CCOC(=O)c1cnn(-c2cc(C)ccc2C(=O)O)c1. The molecule has 6 heteroatoms. The van der Waals surface area contributed by atoms with Crippen molar-refractivity contribution in [3.05, 3.63) is 47.3 Å². The van der Waals surface area contributed by atoms with Crippen molar-refractivity contribution in [2.24, 2.45) is 0 Å². The largest absolute Gasteiger partial charge is 0.478 e. The standard InChI is InChI=1S/C14H14N2O4/c1-3-20-14(19)10-7-15-16(8-10)12-6-9(2)4-5-11(12)13(17)18/h4-8H,3H2,1-2H3,(H,17,18). The van der Waals surface area contributed by atoms with E-state index in [9.17, 15) is 14.7 Å². The molecule has 2 rings (SSSR count). The second-order valence-corrected chi connectivity index (χ2v) is 4.22. The minimum absolute atomic E-state index is 0.120. The Morgan fingerprint density at radius 2 is 2.15 bits per heavy atom. The molecule has 0 fully saturated rings. The Hall–Kier alpha value is -2.63. The van der Waals surface area contributed by atoms with Crippen LogP contribution in [0.3, 0.4) is 0 Å². The zero-order valence-electron chi connectivity index (χ0n) is 11.2. The van der Waals surface area contributed by atoms with Crippen molar-refractivity contribution in [1.82, 2.24) is 9.78 Å². The number of carbonyl (C=O) groups excluding carboxylic acids is 1. The Morgan fingerprint density at radius 3 is 2.80 bits per heavy atom. The second kappa shape index (κ2) is 5.56. The first-order chi connectivity index (χ1) is 9.52. The number of aryl methyl sites for hydroxylation is 1. The zero-order valence-corrected chi connectivity index (χ0v) is 11.2. The molecule has 2 aromatic rings. The lowest BCUT2D eigenvalue weighted by Gasteiger charge is -2.07. The highest BCUT2D eigenvalue weighted by atomic mass is 16.5. The van der Waals surface area contributed by atoms with Crippen molar-refractivity contribution in [3.8, 4) is 5.69 Å². The van der Waals surface area contributed by atoms with E-state index in [0.717, 1.165) is 5.56 Å². The quantitative estimate of drug-likeness (QED) is 0.863. The van der Waals surface area contributed by atoms with E-state index in [1.54, 1.807) is 19.1 Å². The molecule has 0 saturated heterocycles. The molecule has 1 aromatic heterocycles. The first-order valence-corrected chi connectivity index (χ1v) is 6.09. The minimum Gasteiger partial charge on any atom is -0.478 e. The monoisotopic (exact) mass is 274 g/mol. The normalized spacial score (nSPS) is 10.3. The molecule has 1 N–H and O–H groups in total. The highest BCUT2D eigenvalue weighted by molar-refractivity contribution is 5.92. The van der Waals surface area contributed by atoms with Crippen molar-refractivity contribution in [2.75, 3.05) is 6.61 Å². The average Bonchev–Trinajstić information content (AvgIpc) is 2.88. The Labute approximate surface area is 115 Å². The van der Waals surface area contributed by atoms with Gasteiger partial charge in [0.15, 0.2) is 0 Å². The van der Waals surface area contributed by atoms with Crippen LogP contribution in [0.25, 0.3) is 5.69 Å². The fraction of sp³-hybridized carbons (Fsp3) is 0.214. The number of benzene rings is 1. The Bertz CT molecular complexity index is 661. The second-order valence-electron chi connectivity index (χ2n) is 4.22. The van der Waals surface area contributed by atoms with Gasteiger partial charge in [-0.2, -0.15) is 5.10 Å². The molecule has 1 heterocycles. The van der Waals surface area contributed by atoms with Crippen LogP contribution in [0.5, 0.6) is 0 Å². The molecule has 0 bridgehead atoms. The third-order valence-electron chi connectivity index (χ3n) is 2.72. The van der Waals surface area contributed by atoms with Gasteiger partial charge in [0, 0.05) is 6.20 Å². The van der Waals surface area contributed by atoms with E-state index in [1.165, 1.54) is 23.1 Å². The molecule has 0 unspecified atom stereocenters. The third kappa shape index (κ3) is 2.69. The third-order valence-corrected chi connectivity index (χ3v) is 2.72. The molecule has 104 valence electrons. The average molecular weight is 274 g/mol. The molecule has 1 aromatic carbocycles. The summed E-state index contributed by atoms with van der Waals surface area (Å²) in [4.78, 5) is 22.8. The molecule has 0 atom stereocenters. The van der Waals surface area contributed by atoms with Crippen molar-refractivity contribution in [1.29, 1.82) is 0 Å². The van der Waals surface area contributed by atoms with Gasteiger partial charge in [0.1, 0.15) is 0 Å². The zero-order chi connectivity index (χ0) is 14.7. The first-order valence-electron chi connectivity index (χ1n) is 6.09. The number of carbonyl (C=O) groups is 2. The number of aromatic carboxylic acids is 1. The van der Waals surface area contributed by atoms with Crippen molar-refractivity contribution in [2.45, 2.75) is 13.8 Å². The number of ether oxygens (including phenoxy) is 1. The maximum Gasteiger partial charge on any atom is 0.341 e. The summed E-state index contributed by atoms with van der Waals surface area (Å²) in [6.45, 7) is 3.84. The minimum atomic E-state index is -1.05. The number of carboxylic acids is 1. The number of rotatable bonds is 4. The van der Waals surface area contributed by atoms with Gasteiger partial charge < -0.3 is 9.84 Å². The number of hydrogen-bond acceptors (Lipinski definition) is 4. The molecule has 20 heavy (non-hydrogen) atoms. The molecule has 0 radical (unpaired) electrons. The molecule has 0 amide bonds. The van der Waals surface area contributed by atoms with Crippen LogP contribution in [0.1, 0.15) is 33.2 Å². The van der Waals surface area contributed by atoms with Gasteiger partial charge in [0.25, 0.3) is 0 Å². The summed E-state index contributed by atoms with van der Waals surface area (Å²) in [5, 5.41) is 13.2. The number of carboxylic acid groups (broad SMARTS) is 1. The summed E-state index contributed by atoms with van der Waals surface area (Å²) in [6, 6.07) is 4.92. The van der Waals surface area contributed by atoms with E-state index in [0.29, 0.717) is 5.69 Å². The fourth-order valence-electron chi connectivity index (χ4n) is 1.79. The lowest BCUT2D eigenvalue weighted by atomic mass is 10.1. The maximum atomic E-state index is 11.6. The van der Waals surface area contributed by atoms with Crippen molar-refractivity contribution in [3.63, 3.8) is 0 Å². The molecule has 0 spiro atoms. The molecule has 0 aliphatic heterocycles. The van der Waals surface area contributed by atoms with E-state index < -0.39 is 11.9 Å². The van der Waals surface area contributed by atoms with Gasteiger partial charge in [0.2, 0.25) is 0 Å². The predicted molar refractivity (Wildman–Crippen MR) is 71.2 cm³/mol. The summed E-state index contributed by atoms with van der Waals surface area (Å²) < 4.78 is 6.23. The predicted octanol–water partition coefficient (Wildman–Crippen LogP) is 2.06. The van der Waals surface area contributed by atoms with Crippen LogP contribution in [0, 0.1) is 6.92 Å². The topological polar surface area (TPSA) is 81.4 Å². The van der Waals surface area contributed by atoms with E-state index in [2.05, 4.69) is 5.10 Å². The van der Waals surface area contributed by atoms with Crippen LogP contribution in [-0.4, -0.2) is 33.4 Å². The smallest absolute Gasteiger partial charge is 0.341 e. The Morgan fingerprint density at radius 1 is 1.40 bits per heavy atom. The molecule has 0 aliphatic carbocycles. The van der Waals surface area contributed by atoms with Crippen molar-refractivity contribution >= 4 is 11.9 Å². The van der Waals surface area contributed by atoms with Gasteiger partial charge in [0.05, 0.1) is 29.6 Å². The lowest BCUT2D eigenvalue weighted by molar-refractivity contribution is 0.0526. The number of esters is 1. The van der Waals surface area contributed by atoms with Gasteiger partial charge in [-0.25, -0.2) is 14.3 Å². The van der Waals surface area contributed by atoms with E-state index in [-0.39, 0.29) is 17.7 Å². The summed E-state index contributed by atoms with van der Waals surface area (Å²) in [6.07, 6.45) is 2.81. The molecule has 6 nitrogen and oxygen atoms in total. The number of hydrogen-bond donors (Lipinski definition) is 1. The van der Waals surface area contributed by atoms with E-state index in [1.807, 2.05) is 6.92 Å². The van der Waals surface area contributed by atoms with Crippen LogP contribution >= 0.6 is 0 Å². The first kappa shape index (κ1) is 13.8. The molecular formula is C14H14N2O4. The van der Waals surface area contributed by atoms with Gasteiger partial charge in [-0.1, -0.05) is 6.07 Å². The highest BCUT2D eigenvalue weighted by Gasteiger charge is 2.15. The summed E-state index contributed by atoms with van der Waals surface area (Å²) >= 11 is 0. The van der Waals surface area contributed by atoms with Gasteiger partial charge in [-0.3, -0.25) is 0 Å². The molecular weight excluding hydrogens is 260 g/mol. The fourth-order valence-corrected chi connectivity index (χ4v) is 1.79. The summed E-state index contributed by atoms with van der Waals surface area (Å²) in [7, 11) is 0. The highest BCUT2D eigenvalue weighted by Crippen LogP contribution is 2.17. The molecule has 0 aliphatic rings. The van der Waals surface area contributed by atoms with Gasteiger partial charge >= 0.3 is 11.9 Å². The van der Waals surface area contributed by atoms with E-state index in [4.69, 9.17) is 4.74 Å². The lowest BCUT2D eigenvalue weighted by Crippen LogP contribution is -2.07. The summed E-state index contributed by atoms with van der Waals surface area (Å²) in [5.74, 6) is -1.53. The number of nitrogens with zero attached hydrogens (tertiary/aromatic N) is 2. The summed E-state index contributed by atoms with van der Waals surface area (Å²) in [5.41, 5.74) is 1.71. The Balaban J connectivity index is 2.44. The molecule has 0 saturated carbocycles. The van der Waals surface area contributed by atoms with Crippen molar-refractivity contribution < 1.29 is 19.4 Å². The van der Waals surface area contributed by atoms with Crippen LogP contribution < -0.4 is 0 Å². The van der Waals surface area contributed by atoms with Crippen LogP contribution in [0.15, 0.2) is 30.6 Å².